The molecule has 2 aromatic carbocycles. The number of halogens is 1. The predicted octanol–water partition coefficient (Wildman–Crippen LogP) is 4.00. The highest BCUT2D eigenvalue weighted by molar-refractivity contribution is 7.89. The molecule has 0 heterocycles. The van der Waals surface area contributed by atoms with Crippen LogP contribution in [-0.2, 0) is 10.0 Å². The van der Waals surface area contributed by atoms with Crippen molar-refractivity contribution in [1.29, 1.82) is 0 Å². The Bertz CT molecular complexity index is 757. The Balaban J connectivity index is 2.29. The molecule has 21 heavy (non-hydrogen) atoms. The van der Waals surface area contributed by atoms with Gasteiger partial charge in [-0.1, -0.05) is 35.9 Å². The lowest BCUT2D eigenvalue weighted by Gasteiger charge is -2.16. The molecule has 0 aliphatic carbocycles. The van der Waals surface area contributed by atoms with Gasteiger partial charge in [-0.05, 0) is 55.7 Å². The molecular weight excluding hydrogens is 306 g/mol. The Morgan fingerprint density at radius 1 is 1.05 bits per heavy atom. The summed E-state index contributed by atoms with van der Waals surface area (Å²) in [6.45, 7) is 5.62. The van der Waals surface area contributed by atoms with Crippen LogP contribution in [0.5, 0.6) is 0 Å². The summed E-state index contributed by atoms with van der Waals surface area (Å²) >= 11 is 6.11. The van der Waals surface area contributed by atoms with Crippen LogP contribution in [-0.4, -0.2) is 8.42 Å². The van der Waals surface area contributed by atoms with Gasteiger partial charge < -0.3 is 0 Å². The van der Waals surface area contributed by atoms with Gasteiger partial charge in [0.25, 0.3) is 0 Å². The minimum Gasteiger partial charge on any atom is -0.207 e. The van der Waals surface area contributed by atoms with Crippen LogP contribution in [0.25, 0.3) is 0 Å². The zero-order valence-electron chi connectivity index (χ0n) is 12.2. The lowest BCUT2D eigenvalue weighted by molar-refractivity contribution is 0.567. The number of sulfonamides is 1. The first-order chi connectivity index (χ1) is 9.81. The summed E-state index contributed by atoms with van der Waals surface area (Å²) in [6, 6.07) is 11.9. The minimum atomic E-state index is -3.57. The number of nitrogens with one attached hydrogen (secondary N) is 1. The maximum atomic E-state index is 12.4. The van der Waals surface area contributed by atoms with Gasteiger partial charge in [0.2, 0.25) is 10.0 Å². The number of hydrogen-bond donors (Lipinski definition) is 1. The predicted molar refractivity (Wildman–Crippen MR) is 86.1 cm³/mol. The Morgan fingerprint density at radius 2 is 1.71 bits per heavy atom. The zero-order chi connectivity index (χ0) is 15.6. The van der Waals surface area contributed by atoms with E-state index in [-0.39, 0.29) is 4.90 Å². The standard InChI is InChI=1S/C16H18ClNO2S/c1-11-8-9-14(10-12(11)2)21(19,20)18-13(3)15-6-4-5-7-16(15)17/h4-10,13,18H,1-3H3/t13-/m1/s1. The third-order valence-electron chi connectivity index (χ3n) is 3.49. The van der Waals surface area contributed by atoms with Gasteiger partial charge in [-0.25, -0.2) is 13.1 Å². The summed E-state index contributed by atoms with van der Waals surface area (Å²) < 4.78 is 27.5. The molecule has 1 atom stereocenters. The van der Waals surface area contributed by atoms with Crippen LogP contribution < -0.4 is 4.72 Å². The number of rotatable bonds is 4. The molecule has 112 valence electrons. The lowest BCUT2D eigenvalue weighted by Crippen LogP contribution is -2.27. The fourth-order valence-electron chi connectivity index (χ4n) is 2.07. The van der Waals surface area contributed by atoms with Crippen molar-refractivity contribution in [2.75, 3.05) is 0 Å². The van der Waals surface area contributed by atoms with E-state index in [1.165, 1.54) is 0 Å². The molecule has 0 saturated carbocycles. The van der Waals surface area contributed by atoms with Crippen LogP contribution in [0.2, 0.25) is 5.02 Å². The Kier molecular flexibility index (Phi) is 4.71. The van der Waals surface area contributed by atoms with Crippen LogP contribution in [0.3, 0.4) is 0 Å². The average molecular weight is 324 g/mol. The van der Waals surface area contributed by atoms with Crippen LogP contribution in [0.15, 0.2) is 47.4 Å². The molecule has 5 heteroatoms. The van der Waals surface area contributed by atoms with Crippen molar-refractivity contribution in [2.24, 2.45) is 0 Å². The highest BCUT2D eigenvalue weighted by atomic mass is 35.5. The molecule has 2 rings (SSSR count). The molecule has 0 aliphatic rings. The van der Waals surface area contributed by atoms with Crippen molar-refractivity contribution in [1.82, 2.24) is 4.72 Å². The van der Waals surface area contributed by atoms with Crippen LogP contribution in [0.4, 0.5) is 0 Å². The monoisotopic (exact) mass is 323 g/mol. The van der Waals surface area contributed by atoms with Crippen molar-refractivity contribution in [3.8, 4) is 0 Å². The maximum absolute atomic E-state index is 12.4. The van der Waals surface area contributed by atoms with E-state index in [1.807, 2.05) is 38.1 Å². The molecule has 0 fully saturated rings. The quantitative estimate of drug-likeness (QED) is 0.924. The van der Waals surface area contributed by atoms with Gasteiger partial charge >= 0.3 is 0 Å². The average Bonchev–Trinajstić information content (AvgIpc) is 2.41. The molecule has 3 nitrogen and oxygen atoms in total. The van der Waals surface area contributed by atoms with E-state index in [2.05, 4.69) is 4.72 Å². The second kappa shape index (κ2) is 6.18. The van der Waals surface area contributed by atoms with Crippen molar-refractivity contribution < 1.29 is 8.42 Å². The van der Waals surface area contributed by atoms with E-state index >= 15 is 0 Å². The fourth-order valence-corrected chi connectivity index (χ4v) is 3.68. The Morgan fingerprint density at radius 3 is 2.33 bits per heavy atom. The normalized spacial score (nSPS) is 13.1. The summed E-state index contributed by atoms with van der Waals surface area (Å²) in [6.07, 6.45) is 0. The van der Waals surface area contributed by atoms with E-state index in [4.69, 9.17) is 11.6 Å². The highest BCUT2D eigenvalue weighted by Crippen LogP contribution is 2.24. The van der Waals surface area contributed by atoms with E-state index in [9.17, 15) is 8.42 Å². The fraction of sp³-hybridized carbons (Fsp3) is 0.250. The first kappa shape index (κ1) is 16.0. The summed E-state index contributed by atoms with van der Waals surface area (Å²) in [5.74, 6) is 0. The lowest BCUT2D eigenvalue weighted by atomic mass is 10.1. The van der Waals surface area contributed by atoms with Gasteiger partial charge in [0.15, 0.2) is 0 Å². The highest BCUT2D eigenvalue weighted by Gasteiger charge is 2.20. The molecule has 0 aliphatic heterocycles. The minimum absolute atomic E-state index is 0.268. The van der Waals surface area contributed by atoms with Crippen molar-refractivity contribution in [2.45, 2.75) is 31.7 Å². The first-order valence-electron chi connectivity index (χ1n) is 6.65. The molecule has 0 bridgehead atoms. The van der Waals surface area contributed by atoms with E-state index in [0.29, 0.717) is 5.02 Å². The SMILES string of the molecule is Cc1ccc(S(=O)(=O)N[C@H](C)c2ccccc2Cl)cc1C. The summed E-state index contributed by atoms with van der Waals surface area (Å²) in [5.41, 5.74) is 2.77. The van der Waals surface area contributed by atoms with E-state index in [0.717, 1.165) is 16.7 Å². The van der Waals surface area contributed by atoms with Crippen LogP contribution in [0, 0.1) is 13.8 Å². The van der Waals surface area contributed by atoms with E-state index in [1.54, 1.807) is 25.1 Å². The van der Waals surface area contributed by atoms with Crippen molar-refractivity contribution in [3.63, 3.8) is 0 Å². The Hall–Kier alpha value is -1.36. The molecule has 0 radical (unpaired) electrons. The van der Waals surface area contributed by atoms with Crippen molar-refractivity contribution >= 4 is 21.6 Å². The third kappa shape index (κ3) is 3.64. The van der Waals surface area contributed by atoms with Gasteiger partial charge in [0, 0.05) is 11.1 Å². The topological polar surface area (TPSA) is 46.2 Å². The molecule has 0 unspecified atom stereocenters. The maximum Gasteiger partial charge on any atom is 0.241 e. The van der Waals surface area contributed by atoms with Crippen LogP contribution in [0.1, 0.15) is 29.7 Å². The molecule has 0 saturated heterocycles. The zero-order valence-corrected chi connectivity index (χ0v) is 13.8. The van der Waals surface area contributed by atoms with Crippen LogP contribution >= 0.6 is 11.6 Å². The van der Waals surface area contributed by atoms with Gasteiger partial charge in [0.05, 0.1) is 4.90 Å². The molecule has 0 amide bonds. The molecule has 2 aromatic rings. The van der Waals surface area contributed by atoms with E-state index < -0.39 is 16.1 Å². The molecule has 0 aromatic heterocycles. The first-order valence-corrected chi connectivity index (χ1v) is 8.51. The molecule has 1 N–H and O–H groups in total. The Labute approximate surface area is 131 Å². The van der Waals surface area contributed by atoms with Crippen molar-refractivity contribution in [3.05, 3.63) is 64.2 Å². The van der Waals surface area contributed by atoms with Gasteiger partial charge in [0.1, 0.15) is 0 Å². The summed E-state index contributed by atoms with van der Waals surface area (Å²) in [4.78, 5) is 0.268. The van der Waals surface area contributed by atoms with Gasteiger partial charge in [-0.3, -0.25) is 0 Å². The summed E-state index contributed by atoms with van der Waals surface area (Å²) in [5, 5.41) is 0.549. The largest absolute Gasteiger partial charge is 0.241 e. The number of benzene rings is 2. The smallest absolute Gasteiger partial charge is 0.207 e. The summed E-state index contributed by atoms with van der Waals surface area (Å²) in [7, 11) is -3.57. The number of hydrogen-bond acceptors (Lipinski definition) is 2. The van der Waals surface area contributed by atoms with Gasteiger partial charge in [-0.2, -0.15) is 0 Å². The molecular formula is C16H18ClNO2S. The van der Waals surface area contributed by atoms with Gasteiger partial charge in [-0.15, -0.1) is 0 Å². The number of aryl methyl sites for hydroxylation is 2. The molecule has 0 spiro atoms. The second-order valence-corrected chi connectivity index (χ2v) is 7.23. The second-order valence-electron chi connectivity index (χ2n) is 5.11. The third-order valence-corrected chi connectivity index (χ3v) is 5.37.